The second-order valence-corrected chi connectivity index (χ2v) is 5.95. The molecule has 1 fully saturated rings. The Bertz CT molecular complexity index is 796. The van der Waals surface area contributed by atoms with Crippen molar-refractivity contribution in [2.75, 3.05) is 19.8 Å². The minimum absolute atomic E-state index is 0.208. The lowest BCUT2D eigenvalue weighted by atomic mass is 10.1. The largest absolute Gasteiger partial charge is 0.378 e. The molecule has 0 amide bonds. The van der Waals surface area contributed by atoms with E-state index in [-0.39, 0.29) is 6.04 Å². The van der Waals surface area contributed by atoms with Crippen LogP contribution in [0.3, 0.4) is 0 Å². The Morgan fingerprint density at radius 1 is 1.17 bits per heavy atom. The summed E-state index contributed by atoms with van der Waals surface area (Å²) in [5, 5.41) is 12.3. The fraction of sp³-hybridized carbons (Fsp3) is 0.353. The van der Waals surface area contributed by atoms with Crippen LogP contribution in [0.25, 0.3) is 5.69 Å². The molecule has 2 aromatic heterocycles. The standard InChI is InChI=1S/C17H20N6O/c1-21-9-5-8-15(21)16-13-24-11-10-22(16)12-17-18-19-20-23(17)14-6-3-2-4-7-14/h2-9,16H,10-13H2,1H3/t16-/m0/s1. The molecule has 0 bridgehead atoms. The molecule has 1 aromatic carbocycles. The lowest BCUT2D eigenvalue weighted by Crippen LogP contribution is -2.40. The number of rotatable bonds is 4. The highest BCUT2D eigenvalue weighted by Crippen LogP contribution is 2.25. The van der Waals surface area contributed by atoms with Gasteiger partial charge in [-0.1, -0.05) is 18.2 Å². The van der Waals surface area contributed by atoms with Crippen molar-refractivity contribution in [3.8, 4) is 5.69 Å². The van der Waals surface area contributed by atoms with Crippen LogP contribution in [0.15, 0.2) is 48.7 Å². The number of benzene rings is 1. The van der Waals surface area contributed by atoms with Crippen LogP contribution < -0.4 is 0 Å². The molecule has 0 spiro atoms. The van der Waals surface area contributed by atoms with Crippen LogP contribution in [-0.2, 0) is 18.3 Å². The predicted octanol–water partition coefficient (Wildman–Crippen LogP) is 1.57. The Kier molecular flexibility index (Phi) is 4.10. The predicted molar refractivity (Wildman–Crippen MR) is 88.5 cm³/mol. The van der Waals surface area contributed by atoms with E-state index in [0.29, 0.717) is 13.2 Å². The first-order valence-electron chi connectivity index (χ1n) is 8.08. The van der Waals surface area contributed by atoms with Gasteiger partial charge >= 0.3 is 0 Å². The van der Waals surface area contributed by atoms with E-state index in [1.807, 2.05) is 30.3 Å². The summed E-state index contributed by atoms with van der Waals surface area (Å²) < 4.78 is 9.66. The summed E-state index contributed by atoms with van der Waals surface area (Å²) in [6.07, 6.45) is 2.07. The quantitative estimate of drug-likeness (QED) is 0.729. The maximum absolute atomic E-state index is 5.71. The minimum Gasteiger partial charge on any atom is -0.378 e. The molecule has 24 heavy (non-hydrogen) atoms. The molecule has 4 rings (SSSR count). The van der Waals surface area contributed by atoms with Gasteiger partial charge in [0.05, 0.1) is 31.5 Å². The molecule has 7 heteroatoms. The van der Waals surface area contributed by atoms with Gasteiger partial charge in [-0.3, -0.25) is 4.90 Å². The summed E-state index contributed by atoms with van der Waals surface area (Å²) in [5.74, 6) is 0.835. The Hall–Kier alpha value is -2.51. The minimum atomic E-state index is 0.208. The van der Waals surface area contributed by atoms with E-state index < -0.39 is 0 Å². The zero-order chi connectivity index (χ0) is 16.4. The van der Waals surface area contributed by atoms with Gasteiger partial charge in [-0.15, -0.1) is 5.10 Å². The van der Waals surface area contributed by atoms with Crippen LogP contribution in [0.5, 0.6) is 0 Å². The number of hydrogen-bond acceptors (Lipinski definition) is 5. The fourth-order valence-corrected chi connectivity index (χ4v) is 3.18. The SMILES string of the molecule is Cn1cccc1[C@@H]1COCCN1Cc1nnnn1-c1ccccc1. The third kappa shape index (κ3) is 2.83. The first kappa shape index (κ1) is 15.0. The lowest BCUT2D eigenvalue weighted by Gasteiger charge is -2.35. The third-order valence-corrected chi connectivity index (χ3v) is 4.44. The first-order chi connectivity index (χ1) is 11.8. The molecule has 1 saturated heterocycles. The van der Waals surface area contributed by atoms with Crippen molar-refractivity contribution < 1.29 is 4.74 Å². The molecule has 7 nitrogen and oxygen atoms in total. The molecular weight excluding hydrogens is 304 g/mol. The molecule has 1 atom stereocenters. The molecule has 1 aliphatic heterocycles. The van der Waals surface area contributed by atoms with Crippen LogP contribution >= 0.6 is 0 Å². The van der Waals surface area contributed by atoms with E-state index in [1.54, 1.807) is 4.68 Å². The van der Waals surface area contributed by atoms with E-state index in [2.05, 4.69) is 50.4 Å². The van der Waals surface area contributed by atoms with Gasteiger partial charge in [-0.05, 0) is 34.7 Å². The van der Waals surface area contributed by atoms with Crippen molar-refractivity contribution in [3.63, 3.8) is 0 Å². The first-order valence-corrected chi connectivity index (χ1v) is 8.08. The maximum Gasteiger partial charge on any atom is 0.170 e. The number of morpholine rings is 1. The van der Waals surface area contributed by atoms with Crippen molar-refractivity contribution >= 4 is 0 Å². The van der Waals surface area contributed by atoms with Crippen molar-refractivity contribution in [2.24, 2.45) is 7.05 Å². The van der Waals surface area contributed by atoms with Crippen molar-refractivity contribution in [3.05, 3.63) is 60.2 Å². The summed E-state index contributed by atoms with van der Waals surface area (Å²) in [7, 11) is 2.07. The zero-order valence-corrected chi connectivity index (χ0v) is 13.6. The van der Waals surface area contributed by atoms with Gasteiger partial charge in [0.15, 0.2) is 5.82 Å². The van der Waals surface area contributed by atoms with Crippen LogP contribution in [0.4, 0.5) is 0 Å². The maximum atomic E-state index is 5.71. The van der Waals surface area contributed by atoms with E-state index in [1.165, 1.54) is 5.69 Å². The Balaban J connectivity index is 1.60. The Labute approximate surface area is 140 Å². The van der Waals surface area contributed by atoms with Crippen molar-refractivity contribution in [1.82, 2.24) is 29.7 Å². The number of ether oxygens (including phenoxy) is 1. The third-order valence-electron chi connectivity index (χ3n) is 4.44. The molecule has 3 aromatic rings. The highest BCUT2D eigenvalue weighted by molar-refractivity contribution is 5.30. The topological polar surface area (TPSA) is 61.0 Å². The fourth-order valence-electron chi connectivity index (χ4n) is 3.18. The van der Waals surface area contributed by atoms with Crippen molar-refractivity contribution in [1.29, 1.82) is 0 Å². The summed E-state index contributed by atoms with van der Waals surface area (Å²) in [5.41, 5.74) is 2.22. The van der Waals surface area contributed by atoms with Crippen LogP contribution in [-0.4, -0.2) is 49.4 Å². The number of tetrazole rings is 1. The van der Waals surface area contributed by atoms with Gasteiger partial charge < -0.3 is 9.30 Å². The van der Waals surface area contributed by atoms with Crippen LogP contribution in [0.1, 0.15) is 17.6 Å². The van der Waals surface area contributed by atoms with E-state index in [0.717, 1.165) is 24.7 Å². The number of aryl methyl sites for hydroxylation is 1. The second-order valence-electron chi connectivity index (χ2n) is 5.95. The molecular formula is C17H20N6O. The zero-order valence-electron chi connectivity index (χ0n) is 13.6. The summed E-state index contributed by atoms with van der Waals surface area (Å²) in [6.45, 7) is 2.96. The lowest BCUT2D eigenvalue weighted by molar-refractivity contribution is -0.0166. The Morgan fingerprint density at radius 2 is 2.04 bits per heavy atom. The average Bonchev–Trinajstić information content (AvgIpc) is 3.25. The molecule has 0 N–H and O–H groups in total. The Morgan fingerprint density at radius 3 is 2.83 bits per heavy atom. The second kappa shape index (κ2) is 6.54. The number of hydrogen-bond donors (Lipinski definition) is 0. The van der Waals surface area contributed by atoms with Crippen LogP contribution in [0.2, 0.25) is 0 Å². The molecule has 0 aliphatic carbocycles. The average molecular weight is 324 g/mol. The molecule has 0 unspecified atom stereocenters. The summed E-state index contributed by atoms with van der Waals surface area (Å²) in [4.78, 5) is 2.38. The molecule has 3 heterocycles. The summed E-state index contributed by atoms with van der Waals surface area (Å²) >= 11 is 0. The highest BCUT2D eigenvalue weighted by Gasteiger charge is 2.28. The number of nitrogens with zero attached hydrogens (tertiary/aromatic N) is 6. The van der Waals surface area contributed by atoms with Gasteiger partial charge in [0, 0.05) is 25.5 Å². The monoisotopic (exact) mass is 324 g/mol. The van der Waals surface area contributed by atoms with Gasteiger partial charge in [0.25, 0.3) is 0 Å². The van der Waals surface area contributed by atoms with Crippen LogP contribution in [0, 0.1) is 0 Å². The van der Waals surface area contributed by atoms with E-state index in [4.69, 9.17) is 4.74 Å². The van der Waals surface area contributed by atoms with Gasteiger partial charge in [0.1, 0.15) is 0 Å². The van der Waals surface area contributed by atoms with E-state index in [9.17, 15) is 0 Å². The number of para-hydroxylation sites is 1. The molecule has 124 valence electrons. The molecule has 0 radical (unpaired) electrons. The van der Waals surface area contributed by atoms with Crippen molar-refractivity contribution in [2.45, 2.75) is 12.6 Å². The smallest absolute Gasteiger partial charge is 0.170 e. The summed E-state index contributed by atoms with van der Waals surface area (Å²) in [6, 6.07) is 14.4. The highest BCUT2D eigenvalue weighted by atomic mass is 16.5. The van der Waals surface area contributed by atoms with Gasteiger partial charge in [-0.2, -0.15) is 4.68 Å². The van der Waals surface area contributed by atoms with Gasteiger partial charge in [0.2, 0.25) is 0 Å². The molecule has 0 saturated carbocycles. The normalized spacial score (nSPS) is 18.8. The van der Waals surface area contributed by atoms with E-state index >= 15 is 0 Å². The van der Waals surface area contributed by atoms with Gasteiger partial charge in [-0.25, -0.2) is 0 Å². The molecule has 1 aliphatic rings. The number of aromatic nitrogens is 5.